The van der Waals surface area contributed by atoms with E-state index in [0.29, 0.717) is 0 Å². The highest BCUT2D eigenvalue weighted by atomic mass is 19.4. The van der Waals surface area contributed by atoms with Crippen molar-refractivity contribution in [3.63, 3.8) is 0 Å². The van der Waals surface area contributed by atoms with E-state index in [2.05, 4.69) is 10.6 Å². The van der Waals surface area contributed by atoms with Crippen LogP contribution in [0.2, 0.25) is 0 Å². The predicted molar refractivity (Wildman–Crippen MR) is 57.4 cm³/mol. The number of primary amides is 1. The van der Waals surface area contributed by atoms with Gasteiger partial charge in [0, 0.05) is 19.5 Å². The molecule has 1 saturated heterocycles. The van der Waals surface area contributed by atoms with Gasteiger partial charge >= 0.3 is 6.18 Å². The lowest BCUT2D eigenvalue weighted by molar-refractivity contribution is -0.180. The van der Waals surface area contributed by atoms with Crippen molar-refractivity contribution >= 4 is 11.8 Å². The Morgan fingerprint density at radius 3 is 2.44 bits per heavy atom. The maximum absolute atomic E-state index is 12.4. The molecule has 5 nitrogen and oxygen atoms in total. The summed E-state index contributed by atoms with van der Waals surface area (Å²) < 4.78 is 37.1. The van der Waals surface area contributed by atoms with Crippen LogP contribution in [0.25, 0.3) is 0 Å². The molecule has 0 saturated carbocycles. The van der Waals surface area contributed by atoms with Crippen LogP contribution in [0.4, 0.5) is 13.2 Å². The molecule has 2 unspecified atom stereocenters. The van der Waals surface area contributed by atoms with Crippen molar-refractivity contribution < 1.29 is 22.8 Å². The highest BCUT2D eigenvalue weighted by molar-refractivity contribution is 5.82. The first-order chi connectivity index (χ1) is 8.30. The van der Waals surface area contributed by atoms with E-state index in [0.717, 1.165) is 0 Å². The third-order valence-corrected chi connectivity index (χ3v) is 2.86. The molecule has 0 aromatic heterocycles. The number of halogens is 3. The SMILES string of the molecule is NC(=O)CCNC(=O)C1CCC(C(F)(F)F)CN1. The van der Waals surface area contributed by atoms with Gasteiger partial charge in [0.1, 0.15) is 0 Å². The molecule has 4 N–H and O–H groups in total. The van der Waals surface area contributed by atoms with Gasteiger partial charge in [0.15, 0.2) is 0 Å². The summed E-state index contributed by atoms with van der Waals surface area (Å²) in [5, 5.41) is 5.02. The fraction of sp³-hybridized carbons (Fsp3) is 0.800. The van der Waals surface area contributed by atoms with E-state index in [9.17, 15) is 22.8 Å². The van der Waals surface area contributed by atoms with Crippen LogP contribution in [0.5, 0.6) is 0 Å². The van der Waals surface area contributed by atoms with E-state index in [-0.39, 0.29) is 32.4 Å². The molecule has 1 fully saturated rings. The molecule has 0 aromatic rings. The van der Waals surface area contributed by atoms with Crippen molar-refractivity contribution in [2.75, 3.05) is 13.1 Å². The zero-order valence-electron chi connectivity index (χ0n) is 9.72. The number of carbonyl (C=O) groups is 2. The molecule has 1 rings (SSSR count). The number of nitrogens with two attached hydrogens (primary N) is 1. The zero-order valence-corrected chi connectivity index (χ0v) is 9.72. The summed E-state index contributed by atoms with van der Waals surface area (Å²) in [5.74, 6) is -2.33. The molecule has 0 aromatic carbocycles. The zero-order chi connectivity index (χ0) is 13.8. The van der Waals surface area contributed by atoms with Crippen LogP contribution in [0, 0.1) is 5.92 Å². The Hall–Kier alpha value is -1.31. The van der Waals surface area contributed by atoms with Crippen LogP contribution in [-0.2, 0) is 9.59 Å². The number of carbonyl (C=O) groups excluding carboxylic acids is 2. The van der Waals surface area contributed by atoms with Crippen LogP contribution in [0.3, 0.4) is 0 Å². The molecule has 1 aliphatic rings. The summed E-state index contributed by atoms with van der Waals surface area (Å²) in [7, 11) is 0. The summed E-state index contributed by atoms with van der Waals surface area (Å²) in [6.07, 6.45) is -4.14. The van der Waals surface area contributed by atoms with Crippen LogP contribution < -0.4 is 16.4 Å². The quantitative estimate of drug-likeness (QED) is 0.665. The Morgan fingerprint density at radius 2 is 2.00 bits per heavy atom. The maximum atomic E-state index is 12.4. The fourth-order valence-corrected chi connectivity index (χ4v) is 1.79. The molecule has 0 aliphatic carbocycles. The first-order valence-corrected chi connectivity index (χ1v) is 5.67. The first-order valence-electron chi connectivity index (χ1n) is 5.67. The molecule has 0 bridgehead atoms. The predicted octanol–water partition coefficient (Wildman–Crippen LogP) is -0.0915. The van der Waals surface area contributed by atoms with Crippen molar-refractivity contribution in [2.24, 2.45) is 11.7 Å². The van der Waals surface area contributed by atoms with Gasteiger partial charge in [-0.25, -0.2) is 0 Å². The van der Waals surface area contributed by atoms with Crippen molar-refractivity contribution in [3.8, 4) is 0 Å². The number of piperidine rings is 1. The summed E-state index contributed by atoms with van der Waals surface area (Å²) in [6, 6.07) is -0.628. The van der Waals surface area contributed by atoms with Crippen LogP contribution in [-0.4, -0.2) is 37.1 Å². The van der Waals surface area contributed by atoms with Crippen molar-refractivity contribution in [3.05, 3.63) is 0 Å². The number of nitrogens with one attached hydrogen (secondary N) is 2. The van der Waals surface area contributed by atoms with Gasteiger partial charge in [-0.2, -0.15) is 13.2 Å². The highest BCUT2D eigenvalue weighted by Gasteiger charge is 2.42. The minimum atomic E-state index is -4.22. The second-order valence-electron chi connectivity index (χ2n) is 4.28. The Kier molecular flexibility index (Phi) is 4.94. The lowest BCUT2D eigenvalue weighted by Gasteiger charge is -2.30. The summed E-state index contributed by atoms with van der Waals surface area (Å²) in [6.45, 7) is -0.146. The molecule has 18 heavy (non-hydrogen) atoms. The monoisotopic (exact) mass is 267 g/mol. The number of hydrogen-bond donors (Lipinski definition) is 3. The minimum absolute atomic E-state index is 0.0175. The Balaban J connectivity index is 2.30. The molecule has 0 spiro atoms. The van der Waals surface area contributed by atoms with Crippen LogP contribution >= 0.6 is 0 Å². The van der Waals surface area contributed by atoms with E-state index in [1.54, 1.807) is 0 Å². The molecule has 104 valence electrons. The number of alkyl halides is 3. The smallest absolute Gasteiger partial charge is 0.370 e. The van der Waals surface area contributed by atoms with Crippen molar-refractivity contribution in [2.45, 2.75) is 31.5 Å². The highest BCUT2D eigenvalue weighted by Crippen LogP contribution is 2.31. The lowest BCUT2D eigenvalue weighted by Crippen LogP contribution is -2.51. The molecular formula is C10H16F3N3O2. The second kappa shape index (κ2) is 6.03. The molecule has 2 atom stereocenters. The second-order valence-corrected chi connectivity index (χ2v) is 4.28. The van der Waals surface area contributed by atoms with Crippen LogP contribution in [0.15, 0.2) is 0 Å². The van der Waals surface area contributed by atoms with E-state index < -0.39 is 30.0 Å². The van der Waals surface area contributed by atoms with Gasteiger partial charge in [0.05, 0.1) is 12.0 Å². The number of hydrogen-bond acceptors (Lipinski definition) is 3. The summed E-state index contributed by atoms with van der Waals surface area (Å²) in [4.78, 5) is 22.0. The third-order valence-electron chi connectivity index (χ3n) is 2.86. The van der Waals surface area contributed by atoms with E-state index in [1.165, 1.54) is 0 Å². The Labute approximate surface area is 102 Å². The molecule has 8 heteroatoms. The van der Waals surface area contributed by atoms with Gasteiger partial charge in [-0.1, -0.05) is 0 Å². The van der Waals surface area contributed by atoms with Gasteiger partial charge < -0.3 is 16.4 Å². The Bertz CT molecular complexity index is 312. The van der Waals surface area contributed by atoms with E-state index in [4.69, 9.17) is 5.73 Å². The Morgan fingerprint density at radius 1 is 1.33 bits per heavy atom. The first kappa shape index (κ1) is 14.7. The topological polar surface area (TPSA) is 84.2 Å². The lowest BCUT2D eigenvalue weighted by atomic mass is 9.94. The van der Waals surface area contributed by atoms with Gasteiger partial charge in [-0.05, 0) is 12.8 Å². The van der Waals surface area contributed by atoms with E-state index >= 15 is 0 Å². The van der Waals surface area contributed by atoms with Crippen molar-refractivity contribution in [1.82, 2.24) is 10.6 Å². The van der Waals surface area contributed by atoms with Gasteiger partial charge in [0.2, 0.25) is 11.8 Å². The van der Waals surface area contributed by atoms with Gasteiger partial charge in [-0.3, -0.25) is 9.59 Å². The normalized spacial score (nSPS) is 24.6. The average Bonchev–Trinajstić information content (AvgIpc) is 2.27. The molecular weight excluding hydrogens is 251 g/mol. The van der Waals surface area contributed by atoms with Crippen molar-refractivity contribution in [1.29, 1.82) is 0 Å². The number of amides is 2. The molecule has 0 radical (unpaired) electrons. The standard InChI is InChI=1S/C10H16F3N3O2/c11-10(12,13)6-1-2-7(16-5-6)9(18)15-4-3-8(14)17/h6-7,16H,1-5H2,(H2,14,17)(H,15,18). The third kappa shape index (κ3) is 4.52. The molecule has 2 amide bonds. The van der Waals surface area contributed by atoms with E-state index in [1.807, 2.05) is 0 Å². The van der Waals surface area contributed by atoms with Crippen LogP contribution in [0.1, 0.15) is 19.3 Å². The van der Waals surface area contributed by atoms with Gasteiger partial charge in [0.25, 0.3) is 0 Å². The summed E-state index contributed by atoms with van der Waals surface area (Å²) in [5.41, 5.74) is 4.89. The summed E-state index contributed by atoms with van der Waals surface area (Å²) >= 11 is 0. The number of rotatable bonds is 4. The largest absolute Gasteiger partial charge is 0.393 e. The average molecular weight is 267 g/mol. The minimum Gasteiger partial charge on any atom is -0.370 e. The maximum Gasteiger partial charge on any atom is 0.393 e. The van der Waals surface area contributed by atoms with Gasteiger partial charge in [-0.15, -0.1) is 0 Å². The molecule has 1 aliphatic heterocycles. The fourth-order valence-electron chi connectivity index (χ4n) is 1.79. The molecule has 1 heterocycles.